The number of benzene rings is 1. The summed E-state index contributed by atoms with van der Waals surface area (Å²) in [6, 6.07) is 14.5. The van der Waals surface area contributed by atoms with E-state index in [0.717, 1.165) is 50.3 Å². The number of thiophene rings is 1. The first-order valence-corrected chi connectivity index (χ1v) is 11.7. The zero-order chi connectivity index (χ0) is 20.8. The van der Waals surface area contributed by atoms with Gasteiger partial charge in [0.1, 0.15) is 0 Å². The van der Waals surface area contributed by atoms with Crippen molar-refractivity contribution in [2.45, 2.75) is 38.3 Å². The summed E-state index contributed by atoms with van der Waals surface area (Å²) in [6.07, 6.45) is 3.68. The summed E-state index contributed by atoms with van der Waals surface area (Å²) in [5.74, 6) is -0.0136. The number of piperidine rings is 2. The second-order valence-corrected chi connectivity index (χ2v) is 9.18. The number of rotatable bonds is 5. The minimum atomic E-state index is -0.116. The number of amides is 3. The maximum absolute atomic E-state index is 12.8. The second-order valence-electron chi connectivity index (χ2n) is 8.24. The van der Waals surface area contributed by atoms with Gasteiger partial charge in [0.25, 0.3) is 0 Å². The molecule has 2 N–H and O–H groups in total. The van der Waals surface area contributed by atoms with Gasteiger partial charge in [0.15, 0.2) is 0 Å². The van der Waals surface area contributed by atoms with Crippen LogP contribution >= 0.6 is 11.3 Å². The molecule has 4 rings (SSSR count). The summed E-state index contributed by atoms with van der Waals surface area (Å²) in [7, 11) is 0. The summed E-state index contributed by atoms with van der Waals surface area (Å²) >= 11 is 1.50. The third kappa shape index (κ3) is 5.61. The molecule has 1 aromatic carbocycles. The van der Waals surface area contributed by atoms with E-state index in [2.05, 4.69) is 39.8 Å². The zero-order valence-electron chi connectivity index (χ0n) is 17.3. The van der Waals surface area contributed by atoms with Gasteiger partial charge in [0.05, 0.1) is 10.9 Å². The van der Waals surface area contributed by atoms with E-state index in [1.807, 2.05) is 23.6 Å². The van der Waals surface area contributed by atoms with Crippen LogP contribution in [0.4, 0.5) is 9.80 Å². The highest BCUT2D eigenvalue weighted by Gasteiger charge is 2.30. The summed E-state index contributed by atoms with van der Waals surface area (Å²) in [6.45, 7) is 4.17. The maximum atomic E-state index is 12.8. The molecule has 0 aliphatic carbocycles. The predicted octanol–water partition coefficient (Wildman–Crippen LogP) is 3.77. The monoisotopic (exact) mass is 426 g/mol. The quantitative estimate of drug-likeness (QED) is 0.765. The number of nitrogens with one attached hydrogen (secondary N) is 2. The molecule has 0 spiro atoms. The Morgan fingerprint density at radius 3 is 2.53 bits per heavy atom. The van der Waals surface area contributed by atoms with E-state index in [1.54, 1.807) is 4.90 Å². The highest BCUT2D eigenvalue weighted by Crippen LogP contribution is 2.21. The van der Waals surface area contributed by atoms with Crippen LogP contribution in [0.5, 0.6) is 0 Å². The molecule has 1 aromatic heterocycles. The molecule has 2 aliphatic rings. The lowest BCUT2D eigenvalue weighted by Gasteiger charge is -2.35. The number of hydrogen-bond donors (Lipinski definition) is 2. The van der Waals surface area contributed by atoms with Gasteiger partial charge in [0, 0.05) is 38.8 Å². The largest absolute Gasteiger partial charge is 0.353 e. The van der Waals surface area contributed by atoms with E-state index in [4.69, 9.17) is 0 Å². The Labute approximate surface area is 182 Å². The van der Waals surface area contributed by atoms with Crippen LogP contribution in [-0.2, 0) is 11.3 Å². The lowest BCUT2D eigenvalue weighted by molar-refractivity contribution is -0.127. The van der Waals surface area contributed by atoms with Gasteiger partial charge >= 0.3 is 6.03 Å². The van der Waals surface area contributed by atoms with Crippen LogP contribution in [-0.4, -0.2) is 54.0 Å². The lowest BCUT2D eigenvalue weighted by atomic mass is 9.96. The number of carbonyl (C=O) groups excluding carboxylic acids is 2. The molecule has 1 atom stereocenters. The number of likely N-dealkylation sites (tertiary alicyclic amines) is 2. The van der Waals surface area contributed by atoms with Crippen molar-refractivity contribution in [3.63, 3.8) is 0 Å². The van der Waals surface area contributed by atoms with Crippen molar-refractivity contribution >= 4 is 28.3 Å². The van der Waals surface area contributed by atoms with Gasteiger partial charge in [-0.3, -0.25) is 15.0 Å². The molecule has 0 radical (unpaired) electrons. The predicted molar refractivity (Wildman–Crippen MR) is 121 cm³/mol. The Kier molecular flexibility index (Phi) is 7.02. The van der Waals surface area contributed by atoms with E-state index in [1.165, 1.54) is 16.9 Å². The van der Waals surface area contributed by atoms with Crippen molar-refractivity contribution in [2.24, 2.45) is 5.92 Å². The number of hydrogen-bond acceptors (Lipinski definition) is 4. The molecule has 2 saturated heterocycles. The van der Waals surface area contributed by atoms with Crippen molar-refractivity contribution < 1.29 is 9.59 Å². The molecule has 160 valence electrons. The molecule has 7 heteroatoms. The van der Waals surface area contributed by atoms with Crippen LogP contribution in [0, 0.1) is 5.92 Å². The highest BCUT2D eigenvalue weighted by molar-refractivity contribution is 7.14. The first kappa shape index (κ1) is 20.9. The van der Waals surface area contributed by atoms with Crippen molar-refractivity contribution in [1.82, 2.24) is 15.1 Å². The molecule has 2 aromatic rings. The first-order valence-electron chi connectivity index (χ1n) is 10.8. The Balaban J connectivity index is 1.21. The van der Waals surface area contributed by atoms with Gasteiger partial charge in [-0.2, -0.15) is 0 Å². The van der Waals surface area contributed by atoms with Crippen LogP contribution in [0.2, 0.25) is 0 Å². The fourth-order valence-electron chi connectivity index (χ4n) is 4.31. The molecule has 3 amide bonds. The number of carbonyl (C=O) groups is 2. The Morgan fingerprint density at radius 2 is 1.80 bits per heavy atom. The van der Waals surface area contributed by atoms with Gasteiger partial charge in [-0.05, 0) is 48.8 Å². The van der Waals surface area contributed by atoms with Crippen molar-refractivity contribution in [3.05, 3.63) is 53.4 Å². The Morgan fingerprint density at radius 1 is 1.00 bits per heavy atom. The number of urea groups is 1. The van der Waals surface area contributed by atoms with Crippen LogP contribution in [0.3, 0.4) is 0 Å². The van der Waals surface area contributed by atoms with Gasteiger partial charge in [0.2, 0.25) is 5.91 Å². The fourth-order valence-corrected chi connectivity index (χ4v) is 4.91. The molecule has 0 bridgehead atoms. The van der Waals surface area contributed by atoms with Gasteiger partial charge in [-0.15, -0.1) is 11.3 Å². The SMILES string of the molecule is O=C(NC1CCN(Cc2ccccc2)CC1)C1CCCN(C(=O)Nc2cccs2)C1. The third-order valence-electron chi connectivity index (χ3n) is 6.01. The molecule has 6 nitrogen and oxygen atoms in total. The average molecular weight is 427 g/mol. The highest BCUT2D eigenvalue weighted by atomic mass is 32.1. The number of nitrogens with zero attached hydrogens (tertiary/aromatic N) is 2. The van der Waals surface area contributed by atoms with Crippen LogP contribution < -0.4 is 10.6 Å². The average Bonchev–Trinajstić information content (AvgIpc) is 3.29. The van der Waals surface area contributed by atoms with E-state index < -0.39 is 0 Å². The second kappa shape index (κ2) is 10.1. The maximum Gasteiger partial charge on any atom is 0.322 e. The summed E-state index contributed by atoms with van der Waals surface area (Å²) in [5.41, 5.74) is 1.34. The van der Waals surface area contributed by atoms with Crippen LogP contribution in [0.1, 0.15) is 31.2 Å². The smallest absolute Gasteiger partial charge is 0.322 e. The van der Waals surface area contributed by atoms with Crippen molar-refractivity contribution in [3.8, 4) is 0 Å². The van der Waals surface area contributed by atoms with Gasteiger partial charge in [-0.25, -0.2) is 4.79 Å². The molecule has 0 saturated carbocycles. The van der Waals surface area contributed by atoms with Gasteiger partial charge < -0.3 is 10.2 Å². The Hall–Kier alpha value is -2.38. The van der Waals surface area contributed by atoms with Crippen LogP contribution in [0.15, 0.2) is 47.8 Å². The minimum Gasteiger partial charge on any atom is -0.353 e. The molecular weight excluding hydrogens is 396 g/mol. The Bertz CT molecular complexity index is 819. The molecule has 1 unspecified atom stereocenters. The summed E-state index contributed by atoms with van der Waals surface area (Å²) in [5, 5.41) is 8.96. The van der Waals surface area contributed by atoms with E-state index >= 15 is 0 Å². The van der Waals surface area contributed by atoms with Crippen molar-refractivity contribution in [1.29, 1.82) is 0 Å². The lowest BCUT2D eigenvalue weighted by Crippen LogP contribution is -2.50. The van der Waals surface area contributed by atoms with Gasteiger partial charge in [-0.1, -0.05) is 30.3 Å². The number of anilines is 1. The molecule has 30 heavy (non-hydrogen) atoms. The van der Waals surface area contributed by atoms with Crippen LogP contribution in [0.25, 0.3) is 0 Å². The summed E-state index contributed by atoms with van der Waals surface area (Å²) in [4.78, 5) is 29.6. The normalized spacial score (nSPS) is 20.7. The topological polar surface area (TPSA) is 64.7 Å². The van der Waals surface area contributed by atoms with E-state index in [0.29, 0.717) is 13.1 Å². The van der Waals surface area contributed by atoms with E-state index in [9.17, 15) is 9.59 Å². The molecule has 2 aliphatic heterocycles. The summed E-state index contributed by atoms with van der Waals surface area (Å²) < 4.78 is 0. The molecule has 2 fully saturated rings. The van der Waals surface area contributed by atoms with E-state index in [-0.39, 0.29) is 23.9 Å². The fraction of sp³-hybridized carbons (Fsp3) is 0.478. The zero-order valence-corrected chi connectivity index (χ0v) is 18.1. The third-order valence-corrected chi connectivity index (χ3v) is 6.80. The standard InChI is InChI=1S/C23H30N4O2S/c28-22(19-8-4-12-27(17-19)23(29)25-21-9-5-15-30-21)24-20-10-13-26(14-11-20)16-18-6-2-1-3-7-18/h1-3,5-7,9,15,19-20H,4,8,10-14,16-17H2,(H,24,28)(H,25,29). The van der Waals surface area contributed by atoms with Crippen molar-refractivity contribution in [2.75, 3.05) is 31.5 Å². The first-order chi connectivity index (χ1) is 14.7. The minimum absolute atomic E-state index is 0.102. The molecular formula is C23H30N4O2S. The molecule has 3 heterocycles.